The van der Waals surface area contributed by atoms with Crippen LogP contribution in [0.5, 0.6) is 5.75 Å². The van der Waals surface area contributed by atoms with Crippen molar-refractivity contribution in [2.75, 3.05) is 0 Å². The molecular formula is C16H23ClO3S. The number of benzene rings is 1. The van der Waals surface area contributed by atoms with Gasteiger partial charge in [-0.1, -0.05) is 13.8 Å². The summed E-state index contributed by atoms with van der Waals surface area (Å²) < 4.78 is 29.2. The SMILES string of the molecule is Cc1c(OC2CC(C)CC(C)C2)ccc(S(=O)(=O)Cl)c1C. The Bertz CT molecular complexity index is 615. The lowest BCUT2D eigenvalue weighted by molar-refractivity contribution is 0.100. The fraction of sp³-hybridized carbons (Fsp3) is 0.625. The minimum Gasteiger partial charge on any atom is -0.490 e. The molecule has 3 nitrogen and oxygen atoms in total. The van der Waals surface area contributed by atoms with Crippen molar-refractivity contribution in [3.05, 3.63) is 23.3 Å². The number of rotatable bonds is 3. The Labute approximate surface area is 132 Å². The van der Waals surface area contributed by atoms with E-state index in [1.54, 1.807) is 13.0 Å². The lowest BCUT2D eigenvalue weighted by atomic mass is 9.82. The second kappa shape index (κ2) is 6.17. The molecule has 0 aliphatic heterocycles. The van der Waals surface area contributed by atoms with E-state index in [-0.39, 0.29) is 11.0 Å². The van der Waals surface area contributed by atoms with E-state index in [0.29, 0.717) is 17.4 Å². The van der Waals surface area contributed by atoms with Gasteiger partial charge in [0.2, 0.25) is 0 Å². The van der Waals surface area contributed by atoms with Gasteiger partial charge in [0, 0.05) is 10.7 Å². The van der Waals surface area contributed by atoms with Gasteiger partial charge in [-0.15, -0.1) is 0 Å². The van der Waals surface area contributed by atoms with Crippen LogP contribution in [-0.2, 0) is 9.05 Å². The van der Waals surface area contributed by atoms with E-state index in [4.69, 9.17) is 15.4 Å². The predicted octanol–water partition coefficient (Wildman–Crippen LogP) is 4.43. The van der Waals surface area contributed by atoms with E-state index in [0.717, 1.165) is 24.2 Å². The summed E-state index contributed by atoms with van der Waals surface area (Å²) in [6.45, 7) is 8.16. The van der Waals surface area contributed by atoms with E-state index >= 15 is 0 Å². The van der Waals surface area contributed by atoms with Gasteiger partial charge in [-0.3, -0.25) is 0 Å². The van der Waals surface area contributed by atoms with Crippen molar-refractivity contribution in [2.45, 2.75) is 58.0 Å². The van der Waals surface area contributed by atoms with E-state index < -0.39 is 9.05 Å². The Morgan fingerprint density at radius 2 is 1.62 bits per heavy atom. The summed E-state index contributed by atoms with van der Waals surface area (Å²) in [6, 6.07) is 3.26. The highest BCUT2D eigenvalue weighted by atomic mass is 35.7. The molecule has 0 radical (unpaired) electrons. The van der Waals surface area contributed by atoms with Crippen LogP contribution >= 0.6 is 10.7 Å². The third kappa shape index (κ3) is 3.92. The molecule has 0 amide bonds. The molecule has 0 N–H and O–H groups in total. The van der Waals surface area contributed by atoms with Crippen molar-refractivity contribution >= 4 is 19.7 Å². The van der Waals surface area contributed by atoms with Gasteiger partial charge in [0.15, 0.2) is 0 Å². The average Bonchev–Trinajstić information content (AvgIpc) is 2.32. The van der Waals surface area contributed by atoms with Crippen LogP contribution in [-0.4, -0.2) is 14.5 Å². The summed E-state index contributed by atoms with van der Waals surface area (Å²) in [4.78, 5) is 0.166. The minimum absolute atomic E-state index is 0.166. The molecule has 1 aliphatic rings. The molecule has 1 saturated carbocycles. The third-order valence-electron chi connectivity index (χ3n) is 4.38. The van der Waals surface area contributed by atoms with Crippen LogP contribution in [0.4, 0.5) is 0 Å². The molecule has 2 unspecified atom stereocenters. The molecule has 5 heteroatoms. The molecule has 118 valence electrons. The fourth-order valence-electron chi connectivity index (χ4n) is 3.31. The fourth-order valence-corrected chi connectivity index (χ4v) is 4.56. The molecule has 0 aromatic heterocycles. The molecular weight excluding hydrogens is 308 g/mol. The molecule has 2 atom stereocenters. The van der Waals surface area contributed by atoms with Crippen molar-refractivity contribution in [1.29, 1.82) is 0 Å². The smallest absolute Gasteiger partial charge is 0.261 e. The summed E-state index contributed by atoms with van der Waals surface area (Å²) in [5.74, 6) is 2.10. The zero-order chi connectivity index (χ0) is 15.8. The first kappa shape index (κ1) is 16.6. The summed E-state index contributed by atoms with van der Waals surface area (Å²) in [5.41, 5.74) is 1.52. The lowest BCUT2D eigenvalue weighted by Gasteiger charge is -2.32. The molecule has 1 fully saturated rings. The zero-order valence-electron chi connectivity index (χ0n) is 13.0. The van der Waals surface area contributed by atoms with Gasteiger partial charge in [-0.05, 0) is 68.2 Å². The lowest BCUT2D eigenvalue weighted by Crippen LogP contribution is -2.28. The van der Waals surface area contributed by atoms with Gasteiger partial charge in [0.1, 0.15) is 5.75 Å². The topological polar surface area (TPSA) is 43.4 Å². The Morgan fingerprint density at radius 3 is 2.14 bits per heavy atom. The Morgan fingerprint density at radius 1 is 1.05 bits per heavy atom. The molecule has 2 rings (SSSR count). The normalized spacial score (nSPS) is 26.6. The van der Waals surface area contributed by atoms with E-state index in [9.17, 15) is 8.42 Å². The number of ether oxygens (including phenoxy) is 1. The Kier molecular flexibility index (Phi) is 4.89. The third-order valence-corrected chi connectivity index (χ3v) is 5.85. The second-order valence-electron chi connectivity index (χ2n) is 6.41. The molecule has 0 bridgehead atoms. The van der Waals surface area contributed by atoms with Crippen molar-refractivity contribution in [1.82, 2.24) is 0 Å². The highest BCUT2D eigenvalue weighted by Crippen LogP contribution is 2.34. The van der Waals surface area contributed by atoms with Crippen LogP contribution < -0.4 is 4.74 Å². The van der Waals surface area contributed by atoms with Crippen molar-refractivity contribution in [3.8, 4) is 5.75 Å². The molecule has 0 heterocycles. The van der Waals surface area contributed by atoms with E-state index in [1.807, 2.05) is 6.92 Å². The van der Waals surface area contributed by atoms with Crippen LogP contribution in [0.15, 0.2) is 17.0 Å². The van der Waals surface area contributed by atoms with Gasteiger partial charge in [0.25, 0.3) is 9.05 Å². The Balaban J connectivity index is 2.24. The molecule has 1 aliphatic carbocycles. The predicted molar refractivity (Wildman–Crippen MR) is 85.5 cm³/mol. The van der Waals surface area contributed by atoms with Gasteiger partial charge >= 0.3 is 0 Å². The van der Waals surface area contributed by atoms with Crippen LogP contribution in [0.2, 0.25) is 0 Å². The highest BCUT2D eigenvalue weighted by molar-refractivity contribution is 8.13. The van der Waals surface area contributed by atoms with Crippen LogP contribution in [0.25, 0.3) is 0 Å². The minimum atomic E-state index is -3.71. The standard InChI is InChI=1S/C16H23ClO3S/c1-10-7-11(2)9-14(8-10)20-15-5-6-16(21(17,18)19)13(4)12(15)3/h5-6,10-11,14H,7-9H2,1-4H3. The van der Waals surface area contributed by atoms with E-state index in [1.165, 1.54) is 12.5 Å². The molecule has 1 aromatic rings. The number of hydrogen-bond donors (Lipinski definition) is 0. The zero-order valence-corrected chi connectivity index (χ0v) is 14.6. The van der Waals surface area contributed by atoms with Gasteiger partial charge in [-0.2, -0.15) is 0 Å². The first-order valence-electron chi connectivity index (χ1n) is 7.40. The largest absolute Gasteiger partial charge is 0.490 e. The second-order valence-corrected chi connectivity index (χ2v) is 8.94. The highest BCUT2D eigenvalue weighted by Gasteiger charge is 2.26. The van der Waals surface area contributed by atoms with Gasteiger partial charge in [-0.25, -0.2) is 8.42 Å². The van der Waals surface area contributed by atoms with Crippen molar-refractivity contribution in [2.24, 2.45) is 11.8 Å². The summed E-state index contributed by atoms with van der Waals surface area (Å²) in [6.07, 6.45) is 3.57. The molecule has 1 aromatic carbocycles. The number of halogens is 1. The maximum absolute atomic E-state index is 11.5. The van der Waals surface area contributed by atoms with Crippen molar-refractivity contribution < 1.29 is 13.2 Å². The van der Waals surface area contributed by atoms with E-state index in [2.05, 4.69) is 13.8 Å². The maximum Gasteiger partial charge on any atom is 0.261 e. The maximum atomic E-state index is 11.5. The summed E-state index contributed by atoms with van der Waals surface area (Å²) in [5, 5.41) is 0. The quantitative estimate of drug-likeness (QED) is 0.770. The first-order valence-corrected chi connectivity index (χ1v) is 9.71. The molecule has 0 spiro atoms. The first-order chi connectivity index (χ1) is 9.68. The monoisotopic (exact) mass is 330 g/mol. The summed E-state index contributed by atoms with van der Waals surface area (Å²) in [7, 11) is 1.74. The molecule has 0 saturated heterocycles. The number of hydrogen-bond acceptors (Lipinski definition) is 3. The van der Waals surface area contributed by atoms with Crippen LogP contribution in [0.3, 0.4) is 0 Å². The Hall–Kier alpha value is -0.740. The van der Waals surface area contributed by atoms with Gasteiger partial charge < -0.3 is 4.74 Å². The van der Waals surface area contributed by atoms with Gasteiger partial charge in [0.05, 0.1) is 11.0 Å². The van der Waals surface area contributed by atoms with Crippen molar-refractivity contribution in [3.63, 3.8) is 0 Å². The van der Waals surface area contributed by atoms with Crippen LogP contribution in [0, 0.1) is 25.7 Å². The van der Waals surface area contributed by atoms with Crippen LogP contribution in [0.1, 0.15) is 44.2 Å². The molecule has 21 heavy (non-hydrogen) atoms. The average molecular weight is 331 g/mol. The summed E-state index contributed by atoms with van der Waals surface area (Å²) >= 11 is 0.